The lowest BCUT2D eigenvalue weighted by Crippen LogP contribution is -2.17. The van der Waals surface area contributed by atoms with E-state index >= 15 is 0 Å². The number of aromatic nitrogens is 2. The van der Waals surface area contributed by atoms with E-state index in [4.69, 9.17) is 0 Å². The van der Waals surface area contributed by atoms with Crippen LogP contribution < -0.4 is 4.72 Å². The second-order valence-corrected chi connectivity index (χ2v) is 5.75. The van der Waals surface area contributed by atoms with Crippen molar-refractivity contribution in [3.8, 4) is 0 Å². The molecule has 1 fully saturated rings. The molecule has 13 heavy (non-hydrogen) atoms. The van der Waals surface area contributed by atoms with Gasteiger partial charge in [0.2, 0.25) is 10.0 Å². The van der Waals surface area contributed by atoms with Crippen molar-refractivity contribution in [1.29, 1.82) is 0 Å². The summed E-state index contributed by atoms with van der Waals surface area (Å²) < 4.78 is 25.9. The van der Waals surface area contributed by atoms with E-state index in [9.17, 15) is 8.42 Å². The van der Waals surface area contributed by atoms with Gasteiger partial charge in [-0.15, -0.1) is 0 Å². The van der Waals surface area contributed by atoms with Gasteiger partial charge < -0.3 is 0 Å². The Morgan fingerprint density at radius 2 is 2.31 bits per heavy atom. The third-order valence-corrected chi connectivity index (χ3v) is 4.24. The maximum atomic E-state index is 11.4. The number of anilines is 1. The van der Waals surface area contributed by atoms with E-state index in [1.165, 1.54) is 6.20 Å². The monoisotopic (exact) mass is 265 g/mol. The van der Waals surface area contributed by atoms with Gasteiger partial charge in [-0.3, -0.25) is 9.82 Å². The lowest BCUT2D eigenvalue weighted by molar-refractivity contribution is 0.599. The lowest BCUT2D eigenvalue weighted by atomic mass is 10.7. The van der Waals surface area contributed by atoms with Crippen LogP contribution in [0.15, 0.2) is 10.7 Å². The fraction of sp³-hybridized carbons (Fsp3) is 0.500. The van der Waals surface area contributed by atoms with Crippen LogP contribution >= 0.6 is 15.9 Å². The lowest BCUT2D eigenvalue weighted by Gasteiger charge is -2.03. The summed E-state index contributed by atoms with van der Waals surface area (Å²) in [6.07, 6.45) is 3.01. The van der Waals surface area contributed by atoms with E-state index < -0.39 is 10.0 Å². The topological polar surface area (TPSA) is 74.8 Å². The molecule has 7 heteroatoms. The minimum Gasteiger partial charge on any atom is -0.267 e. The SMILES string of the molecule is O=S(=O)(Nc1[nH]ncc1Br)C1CC1. The molecule has 0 aliphatic heterocycles. The molecule has 1 aliphatic rings. The van der Waals surface area contributed by atoms with Crippen molar-refractivity contribution in [3.05, 3.63) is 10.7 Å². The third-order valence-electron chi connectivity index (χ3n) is 1.80. The molecule has 0 spiro atoms. The molecule has 0 amide bonds. The number of rotatable bonds is 3. The highest BCUT2D eigenvalue weighted by Gasteiger charge is 2.36. The van der Waals surface area contributed by atoms with Gasteiger partial charge in [0.05, 0.1) is 15.9 Å². The molecule has 0 unspecified atom stereocenters. The van der Waals surface area contributed by atoms with Crippen LogP contribution in [0.3, 0.4) is 0 Å². The molecule has 2 N–H and O–H groups in total. The smallest absolute Gasteiger partial charge is 0.236 e. The van der Waals surface area contributed by atoms with Gasteiger partial charge in [-0.25, -0.2) is 8.42 Å². The Balaban J connectivity index is 2.18. The molecular formula is C6H8BrN3O2S. The number of nitrogens with one attached hydrogen (secondary N) is 2. The average molecular weight is 266 g/mol. The molecule has 0 atom stereocenters. The molecule has 0 radical (unpaired) electrons. The van der Waals surface area contributed by atoms with Crippen molar-refractivity contribution < 1.29 is 8.42 Å². The molecule has 0 aromatic carbocycles. The van der Waals surface area contributed by atoms with Gasteiger partial charge in [0.25, 0.3) is 0 Å². The Kier molecular flexibility index (Phi) is 2.07. The standard InChI is InChI=1S/C6H8BrN3O2S/c7-5-3-8-9-6(5)10-13(11,12)4-1-2-4/h3-4H,1-2H2,(H2,8,9,10). The van der Waals surface area contributed by atoms with Crippen molar-refractivity contribution in [1.82, 2.24) is 10.2 Å². The number of nitrogens with zero attached hydrogens (tertiary/aromatic N) is 1. The number of hydrogen-bond acceptors (Lipinski definition) is 3. The molecule has 1 aromatic heterocycles. The molecule has 0 bridgehead atoms. The molecule has 1 aromatic rings. The van der Waals surface area contributed by atoms with Gasteiger partial charge in [-0.2, -0.15) is 5.10 Å². The molecule has 0 saturated heterocycles. The summed E-state index contributed by atoms with van der Waals surface area (Å²) in [5, 5.41) is 6.02. The van der Waals surface area contributed by atoms with Crippen molar-refractivity contribution in [2.24, 2.45) is 0 Å². The Labute approximate surface area is 84.1 Å². The fourth-order valence-corrected chi connectivity index (χ4v) is 2.73. The van der Waals surface area contributed by atoms with Crippen LogP contribution in [0.5, 0.6) is 0 Å². The van der Waals surface area contributed by atoms with Crippen molar-refractivity contribution >= 4 is 31.8 Å². The van der Waals surface area contributed by atoms with Crippen LogP contribution in [0.2, 0.25) is 0 Å². The first-order valence-electron chi connectivity index (χ1n) is 3.80. The van der Waals surface area contributed by atoms with E-state index in [-0.39, 0.29) is 5.25 Å². The van der Waals surface area contributed by atoms with E-state index in [1.807, 2.05) is 0 Å². The van der Waals surface area contributed by atoms with Gasteiger partial charge in [0, 0.05) is 0 Å². The molecule has 1 saturated carbocycles. The predicted molar refractivity (Wildman–Crippen MR) is 51.9 cm³/mol. The Bertz CT molecular complexity index is 409. The summed E-state index contributed by atoms with van der Waals surface area (Å²) in [6.45, 7) is 0. The van der Waals surface area contributed by atoms with Gasteiger partial charge >= 0.3 is 0 Å². The number of halogens is 1. The zero-order valence-corrected chi connectivity index (χ0v) is 9.02. The first kappa shape index (κ1) is 9.01. The summed E-state index contributed by atoms with van der Waals surface area (Å²) >= 11 is 3.17. The fourth-order valence-electron chi connectivity index (χ4n) is 0.947. The maximum absolute atomic E-state index is 11.4. The van der Waals surface area contributed by atoms with E-state index in [2.05, 4.69) is 30.8 Å². The Morgan fingerprint density at radius 3 is 2.77 bits per heavy atom. The van der Waals surface area contributed by atoms with Gasteiger partial charge in [0.15, 0.2) is 0 Å². The number of hydrogen-bond donors (Lipinski definition) is 2. The van der Waals surface area contributed by atoms with Crippen LogP contribution in [0.1, 0.15) is 12.8 Å². The molecule has 5 nitrogen and oxygen atoms in total. The van der Waals surface area contributed by atoms with Gasteiger partial charge in [0.1, 0.15) is 5.82 Å². The van der Waals surface area contributed by atoms with Crippen LogP contribution in [0.25, 0.3) is 0 Å². The molecule has 1 aliphatic carbocycles. The van der Waals surface area contributed by atoms with E-state index in [1.54, 1.807) is 0 Å². The molecule has 72 valence electrons. The van der Waals surface area contributed by atoms with Crippen LogP contribution in [0, 0.1) is 0 Å². The molecule has 1 heterocycles. The number of aromatic amines is 1. The summed E-state index contributed by atoms with van der Waals surface area (Å²) in [6, 6.07) is 0. The Morgan fingerprint density at radius 1 is 1.62 bits per heavy atom. The Hall–Kier alpha value is -0.560. The average Bonchev–Trinajstić information content (AvgIpc) is 2.80. The molecular weight excluding hydrogens is 258 g/mol. The quantitative estimate of drug-likeness (QED) is 0.859. The van der Waals surface area contributed by atoms with Crippen molar-refractivity contribution in [2.75, 3.05) is 4.72 Å². The van der Waals surface area contributed by atoms with E-state index in [0.717, 1.165) is 12.8 Å². The first-order chi connectivity index (χ1) is 6.09. The minimum absolute atomic E-state index is 0.220. The van der Waals surface area contributed by atoms with Crippen LogP contribution in [0.4, 0.5) is 5.82 Å². The highest BCUT2D eigenvalue weighted by Crippen LogP contribution is 2.30. The van der Waals surface area contributed by atoms with Crippen LogP contribution in [-0.4, -0.2) is 23.9 Å². The maximum Gasteiger partial charge on any atom is 0.236 e. The van der Waals surface area contributed by atoms with E-state index in [0.29, 0.717) is 10.3 Å². The zero-order valence-electron chi connectivity index (χ0n) is 6.62. The zero-order chi connectivity index (χ0) is 9.47. The third kappa shape index (κ3) is 1.86. The number of H-pyrrole nitrogens is 1. The first-order valence-corrected chi connectivity index (χ1v) is 6.14. The minimum atomic E-state index is -3.18. The van der Waals surface area contributed by atoms with Crippen molar-refractivity contribution in [3.63, 3.8) is 0 Å². The summed E-state index contributed by atoms with van der Waals surface area (Å²) in [5.74, 6) is 0.395. The predicted octanol–water partition coefficient (Wildman–Crippen LogP) is 1.08. The second kappa shape index (κ2) is 2.98. The summed E-state index contributed by atoms with van der Waals surface area (Å²) in [7, 11) is -3.18. The summed E-state index contributed by atoms with van der Waals surface area (Å²) in [4.78, 5) is 0. The highest BCUT2D eigenvalue weighted by atomic mass is 79.9. The summed E-state index contributed by atoms with van der Waals surface area (Å²) in [5.41, 5.74) is 0. The van der Waals surface area contributed by atoms with Crippen LogP contribution in [-0.2, 0) is 10.0 Å². The molecule has 2 rings (SSSR count). The number of sulfonamides is 1. The van der Waals surface area contributed by atoms with Gasteiger partial charge in [-0.1, -0.05) is 0 Å². The normalized spacial score (nSPS) is 17.3. The largest absolute Gasteiger partial charge is 0.267 e. The van der Waals surface area contributed by atoms with Gasteiger partial charge in [-0.05, 0) is 28.8 Å². The van der Waals surface area contributed by atoms with Crippen molar-refractivity contribution in [2.45, 2.75) is 18.1 Å². The second-order valence-electron chi connectivity index (χ2n) is 2.94. The highest BCUT2D eigenvalue weighted by molar-refractivity contribution is 9.10.